The van der Waals surface area contributed by atoms with E-state index < -0.39 is 0 Å². The van der Waals surface area contributed by atoms with Crippen molar-refractivity contribution in [2.24, 2.45) is 0 Å². The number of hydrogen-bond donors (Lipinski definition) is 0. The summed E-state index contributed by atoms with van der Waals surface area (Å²) >= 11 is 0. The third kappa shape index (κ3) is 0.273. The SMILES string of the molecule is [CH2]CC12OC1(CC)O2. The molecule has 2 aliphatic heterocycles. The molecule has 0 unspecified atom stereocenters. The first-order chi connectivity index (χ1) is 3.79. The van der Waals surface area contributed by atoms with Crippen molar-refractivity contribution >= 4 is 0 Å². The smallest absolute Gasteiger partial charge is 0.229 e. The normalized spacial score (nSPS) is 57.8. The molecule has 1 radical (unpaired) electrons. The number of epoxide rings is 2. The zero-order valence-electron chi connectivity index (χ0n) is 4.94. The molecule has 0 aromatic heterocycles. The second kappa shape index (κ2) is 0.957. The monoisotopic (exact) mass is 113 g/mol. The highest BCUT2D eigenvalue weighted by Gasteiger charge is 2.88. The molecule has 8 heavy (non-hydrogen) atoms. The summed E-state index contributed by atoms with van der Waals surface area (Å²) in [6, 6.07) is 0. The zero-order valence-corrected chi connectivity index (χ0v) is 4.94. The molecule has 2 heteroatoms. The molecule has 0 amide bonds. The summed E-state index contributed by atoms with van der Waals surface area (Å²) in [6.45, 7) is 5.76. The molecule has 0 N–H and O–H groups in total. The predicted molar refractivity (Wildman–Crippen MR) is 27.9 cm³/mol. The van der Waals surface area contributed by atoms with Gasteiger partial charge in [0.2, 0.25) is 11.6 Å². The van der Waals surface area contributed by atoms with Crippen LogP contribution in [0.5, 0.6) is 0 Å². The lowest BCUT2D eigenvalue weighted by Gasteiger charge is -1.93. The lowest BCUT2D eigenvalue weighted by Crippen LogP contribution is -1.95. The van der Waals surface area contributed by atoms with E-state index in [4.69, 9.17) is 9.47 Å². The molecule has 45 valence electrons. The lowest BCUT2D eigenvalue weighted by atomic mass is 10.2. The van der Waals surface area contributed by atoms with Crippen molar-refractivity contribution in [3.05, 3.63) is 6.92 Å². The Morgan fingerprint density at radius 1 is 1.38 bits per heavy atom. The molecule has 0 aromatic carbocycles. The number of fused-ring (bicyclic) bond motifs is 1. The fraction of sp³-hybridized carbons (Fsp3) is 0.833. The molecule has 2 rings (SSSR count). The predicted octanol–water partition coefficient (Wildman–Crippen LogP) is 1.07. The maximum atomic E-state index is 5.19. The third-order valence-electron chi connectivity index (χ3n) is 1.95. The van der Waals surface area contributed by atoms with Gasteiger partial charge < -0.3 is 9.47 Å². The Morgan fingerprint density at radius 3 is 2.12 bits per heavy atom. The molecular weight excluding hydrogens is 104 g/mol. The van der Waals surface area contributed by atoms with Crippen molar-refractivity contribution in [1.29, 1.82) is 0 Å². The summed E-state index contributed by atoms with van der Waals surface area (Å²) in [4.78, 5) is 0. The first-order valence-electron chi connectivity index (χ1n) is 2.98. The molecule has 0 atom stereocenters. The van der Waals surface area contributed by atoms with Gasteiger partial charge in [-0.2, -0.15) is 0 Å². The van der Waals surface area contributed by atoms with Gasteiger partial charge in [-0.15, -0.1) is 0 Å². The van der Waals surface area contributed by atoms with Crippen LogP contribution < -0.4 is 0 Å². The van der Waals surface area contributed by atoms with E-state index in [1.54, 1.807) is 0 Å². The topological polar surface area (TPSA) is 25.1 Å². The Labute approximate surface area is 48.8 Å². The number of hydrogen-bond acceptors (Lipinski definition) is 2. The Bertz CT molecular complexity index is 110. The molecule has 2 saturated heterocycles. The highest BCUT2D eigenvalue weighted by Crippen LogP contribution is 2.70. The lowest BCUT2D eigenvalue weighted by molar-refractivity contribution is -0.0957. The van der Waals surface area contributed by atoms with E-state index in [9.17, 15) is 0 Å². The second-order valence-electron chi connectivity index (χ2n) is 2.31. The minimum absolute atomic E-state index is 0.158. The highest BCUT2D eigenvalue weighted by atomic mass is 17.0. The third-order valence-corrected chi connectivity index (χ3v) is 1.95. The average Bonchev–Trinajstić information content (AvgIpc) is 2.48. The standard InChI is InChI=1S/C6H9O2/c1-3-5-6(4-2,7-5)8-5/h1,3-4H2,2H3. The molecule has 2 aliphatic rings. The van der Waals surface area contributed by atoms with E-state index in [0.717, 1.165) is 12.8 Å². The Balaban J connectivity index is 2.04. The maximum absolute atomic E-state index is 5.19. The van der Waals surface area contributed by atoms with Crippen molar-refractivity contribution in [2.75, 3.05) is 0 Å². The summed E-state index contributed by atoms with van der Waals surface area (Å²) in [6.07, 6.45) is 1.71. The highest BCUT2D eigenvalue weighted by molar-refractivity contribution is 5.17. The number of rotatable bonds is 2. The van der Waals surface area contributed by atoms with E-state index in [0.29, 0.717) is 0 Å². The summed E-state index contributed by atoms with van der Waals surface area (Å²) in [5, 5.41) is 0. The molecule has 0 bridgehead atoms. The first kappa shape index (κ1) is 4.77. The van der Waals surface area contributed by atoms with Crippen LogP contribution >= 0.6 is 0 Å². The Hall–Kier alpha value is -0.0800. The van der Waals surface area contributed by atoms with Crippen molar-refractivity contribution in [1.82, 2.24) is 0 Å². The summed E-state index contributed by atoms with van der Waals surface area (Å²) in [5.41, 5.74) is 0. The van der Waals surface area contributed by atoms with Crippen LogP contribution in [0.3, 0.4) is 0 Å². The fourth-order valence-corrected chi connectivity index (χ4v) is 1.20. The van der Waals surface area contributed by atoms with Crippen LogP contribution in [0.25, 0.3) is 0 Å². The van der Waals surface area contributed by atoms with Crippen LogP contribution in [0.2, 0.25) is 0 Å². The first-order valence-corrected chi connectivity index (χ1v) is 2.98. The van der Waals surface area contributed by atoms with Crippen LogP contribution in [-0.4, -0.2) is 11.6 Å². The second-order valence-corrected chi connectivity index (χ2v) is 2.31. The van der Waals surface area contributed by atoms with E-state index in [2.05, 4.69) is 13.8 Å². The van der Waals surface area contributed by atoms with E-state index in [1.165, 1.54) is 0 Å². The van der Waals surface area contributed by atoms with Gasteiger partial charge in [0.1, 0.15) is 0 Å². The van der Waals surface area contributed by atoms with Gasteiger partial charge in [0.15, 0.2) is 0 Å². The Kier molecular flexibility index (Phi) is 0.570. The summed E-state index contributed by atoms with van der Waals surface area (Å²) in [7, 11) is 0. The van der Waals surface area contributed by atoms with Gasteiger partial charge in [-0.25, -0.2) is 0 Å². The van der Waals surface area contributed by atoms with Gasteiger partial charge in [-0.1, -0.05) is 6.92 Å². The molecule has 0 spiro atoms. The van der Waals surface area contributed by atoms with Gasteiger partial charge in [-0.3, -0.25) is 0 Å². The van der Waals surface area contributed by atoms with Crippen molar-refractivity contribution in [2.45, 2.75) is 31.3 Å². The molecule has 2 nitrogen and oxygen atoms in total. The minimum Gasteiger partial charge on any atom is -0.307 e. The maximum Gasteiger partial charge on any atom is 0.229 e. The van der Waals surface area contributed by atoms with Gasteiger partial charge in [0.05, 0.1) is 0 Å². The molecule has 2 heterocycles. The molecule has 0 aliphatic carbocycles. The molecule has 0 saturated carbocycles. The largest absolute Gasteiger partial charge is 0.307 e. The van der Waals surface area contributed by atoms with Crippen LogP contribution in [0.1, 0.15) is 19.8 Å². The molecule has 2 fully saturated rings. The van der Waals surface area contributed by atoms with E-state index in [1.807, 2.05) is 0 Å². The van der Waals surface area contributed by atoms with Crippen LogP contribution in [0, 0.1) is 6.92 Å². The summed E-state index contributed by atoms with van der Waals surface area (Å²) < 4.78 is 10.4. The molecular formula is C6H9O2. The Morgan fingerprint density at radius 2 is 2.00 bits per heavy atom. The minimum atomic E-state index is -0.207. The fourth-order valence-electron chi connectivity index (χ4n) is 1.20. The van der Waals surface area contributed by atoms with Gasteiger partial charge in [0, 0.05) is 12.8 Å². The quantitative estimate of drug-likeness (QED) is 0.500. The van der Waals surface area contributed by atoms with Crippen LogP contribution in [0.4, 0.5) is 0 Å². The number of ether oxygens (including phenoxy) is 2. The van der Waals surface area contributed by atoms with E-state index >= 15 is 0 Å². The van der Waals surface area contributed by atoms with Crippen molar-refractivity contribution in [3.8, 4) is 0 Å². The van der Waals surface area contributed by atoms with Gasteiger partial charge in [0.25, 0.3) is 0 Å². The zero-order chi connectivity index (χ0) is 5.83. The van der Waals surface area contributed by atoms with Gasteiger partial charge >= 0.3 is 0 Å². The van der Waals surface area contributed by atoms with E-state index in [-0.39, 0.29) is 11.6 Å². The summed E-state index contributed by atoms with van der Waals surface area (Å²) in [5.74, 6) is -0.365. The van der Waals surface area contributed by atoms with Crippen molar-refractivity contribution < 1.29 is 9.47 Å². The van der Waals surface area contributed by atoms with Crippen LogP contribution in [0.15, 0.2) is 0 Å². The van der Waals surface area contributed by atoms with Crippen molar-refractivity contribution in [3.63, 3.8) is 0 Å². The van der Waals surface area contributed by atoms with Crippen LogP contribution in [-0.2, 0) is 9.47 Å². The average molecular weight is 113 g/mol. The molecule has 0 aromatic rings. The van der Waals surface area contributed by atoms with Gasteiger partial charge in [-0.05, 0) is 6.92 Å².